The predicted molar refractivity (Wildman–Crippen MR) is 77.5 cm³/mol. The average Bonchev–Trinajstić information content (AvgIpc) is 2.46. The number of carbonyl (C=O) groups excluding carboxylic acids is 2. The molecule has 1 aromatic carbocycles. The number of likely N-dealkylation sites (N-methyl/N-ethyl adjacent to an activating group) is 1. The molecule has 116 valence electrons. The summed E-state index contributed by atoms with van der Waals surface area (Å²) >= 11 is 0. The molecule has 0 spiro atoms. The third-order valence-corrected chi connectivity index (χ3v) is 2.86. The Morgan fingerprint density at radius 3 is 2.29 bits per heavy atom. The zero-order valence-electron chi connectivity index (χ0n) is 12.8. The molecule has 7 heteroatoms. The highest BCUT2D eigenvalue weighted by Gasteiger charge is 2.23. The molecule has 1 rings (SSSR count). The first-order valence-corrected chi connectivity index (χ1v) is 6.25. The van der Waals surface area contributed by atoms with Gasteiger partial charge in [0, 0.05) is 20.2 Å². The normalized spacial score (nSPS) is 11.5. The fraction of sp³-hybridized carbons (Fsp3) is 0.429. The lowest BCUT2D eigenvalue weighted by Gasteiger charge is -2.18. The SMILES string of the molecule is COc1cc(OC)c(N)c(C(=O)OC(C)C(=O)N(C)C)c1. The van der Waals surface area contributed by atoms with Gasteiger partial charge in [-0.2, -0.15) is 0 Å². The summed E-state index contributed by atoms with van der Waals surface area (Å²) in [6, 6.07) is 2.99. The van der Waals surface area contributed by atoms with Crippen molar-refractivity contribution in [1.29, 1.82) is 0 Å². The average molecular weight is 296 g/mol. The quantitative estimate of drug-likeness (QED) is 0.642. The second-order valence-corrected chi connectivity index (χ2v) is 4.57. The highest BCUT2D eigenvalue weighted by Crippen LogP contribution is 2.31. The van der Waals surface area contributed by atoms with E-state index in [-0.39, 0.29) is 17.2 Å². The lowest BCUT2D eigenvalue weighted by atomic mass is 10.1. The highest BCUT2D eigenvalue weighted by atomic mass is 16.5. The van der Waals surface area contributed by atoms with E-state index in [2.05, 4.69) is 0 Å². The number of nitrogens with two attached hydrogens (primary N) is 1. The molecule has 2 N–H and O–H groups in total. The van der Waals surface area contributed by atoms with E-state index in [1.165, 1.54) is 32.1 Å². The number of hydrogen-bond donors (Lipinski definition) is 1. The number of amides is 1. The van der Waals surface area contributed by atoms with Gasteiger partial charge in [0.1, 0.15) is 11.5 Å². The van der Waals surface area contributed by atoms with Crippen LogP contribution in [0.1, 0.15) is 17.3 Å². The summed E-state index contributed by atoms with van der Waals surface area (Å²) in [6.45, 7) is 1.49. The van der Waals surface area contributed by atoms with Gasteiger partial charge in [-0.15, -0.1) is 0 Å². The number of ether oxygens (including phenoxy) is 3. The molecule has 1 aromatic rings. The predicted octanol–water partition coefficient (Wildman–Crippen LogP) is 0.919. The summed E-state index contributed by atoms with van der Waals surface area (Å²) < 4.78 is 15.3. The van der Waals surface area contributed by atoms with Crippen LogP contribution in [0.3, 0.4) is 0 Å². The summed E-state index contributed by atoms with van der Waals surface area (Å²) in [5.74, 6) is -0.336. The monoisotopic (exact) mass is 296 g/mol. The van der Waals surface area contributed by atoms with Crippen molar-refractivity contribution < 1.29 is 23.8 Å². The maximum absolute atomic E-state index is 12.2. The van der Waals surface area contributed by atoms with E-state index in [1.54, 1.807) is 20.2 Å². The van der Waals surface area contributed by atoms with Crippen molar-refractivity contribution in [3.05, 3.63) is 17.7 Å². The minimum absolute atomic E-state index is 0.0876. The molecule has 21 heavy (non-hydrogen) atoms. The topological polar surface area (TPSA) is 91.1 Å². The van der Waals surface area contributed by atoms with Crippen molar-refractivity contribution in [2.45, 2.75) is 13.0 Å². The first kappa shape index (κ1) is 16.6. The summed E-state index contributed by atoms with van der Waals surface area (Å²) in [7, 11) is 6.04. The number of nitrogen functional groups attached to an aromatic ring is 1. The van der Waals surface area contributed by atoms with Crippen LogP contribution in [-0.4, -0.2) is 51.2 Å². The van der Waals surface area contributed by atoms with Gasteiger partial charge in [0.2, 0.25) is 0 Å². The van der Waals surface area contributed by atoms with Crippen molar-refractivity contribution >= 4 is 17.6 Å². The first-order valence-electron chi connectivity index (χ1n) is 6.25. The molecule has 1 unspecified atom stereocenters. The van der Waals surface area contributed by atoms with Gasteiger partial charge in [0.15, 0.2) is 6.10 Å². The van der Waals surface area contributed by atoms with Gasteiger partial charge < -0.3 is 24.8 Å². The number of esters is 1. The summed E-state index contributed by atoms with van der Waals surface area (Å²) in [6.07, 6.45) is -0.913. The molecule has 1 atom stereocenters. The van der Waals surface area contributed by atoms with Crippen LogP contribution in [0, 0.1) is 0 Å². The van der Waals surface area contributed by atoms with Gasteiger partial charge in [-0.3, -0.25) is 4.79 Å². The molecular formula is C14H20N2O5. The van der Waals surface area contributed by atoms with Crippen molar-refractivity contribution in [3.63, 3.8) is 0 Å². The molecule has 0 fully saturated rings. The molecule has 0 saturated heterocycles. The van der Waals surface area contributed by atoms with Crippen LogP contribution < -0.4 is 15.2 Å². The van der Waals surface area contributed by atoms with E-state index in [0.717, 1.165) is 0 Å². The second-order valence-electron chi connectivity index (χ2n) is 4.57. The number of methoxy groups -OCH3 is 2. The van der Waals surface area contributed by atoms with Crippen LogP contribution in [0.4, 0.5) is 5.69 Å². The maximum atomic E-state index is 12.2. The highest BCUT2D eigenvalue weighted by molar-refractivity contribution is 5.98. The van der Waals surface area contributed by atoms with E-state index in [4.69, 9.17) is 19.9 Å². The Morgan fingerprint density at radius 1 is 1.19 bits per heavy atom. The van der Waals surface area contributed by atoms with Gasteiger partial charge in [-0.1, -0.05) is 0 Å². The molecule has 0 saturated carbocycles. The van der Waals surface area contributed by atoms with Gasteiger partial charge in [0.25, 0.3) is 5.91 Å². The zero-order chi connectivity index (χ0) is 16.2. The number of anilines is 1. The van der Waals surface area contributed by atoms with Crippen LogP contribution in [0.2, 0.25) is 0 Å². The summed E-state index contributed by atoms with van der Waals surface area (Å²) in [5, 5.41) is 0. The summed E-state index contributed by atoms with van der Waals surface area (Å²) in [5.41, 5.74) is 6.07. The van der Waals surface area contributed by atoms with Crippen LogP contribution in [0.25, 0.3) is 0 Å². The van der Waals surface area contributed by atoms with Gasteiger partial charge in [-0.05, 0) is 13.0 Å². The molecule has 1 amide bonds. The molecule has 0 heterocycles. The van der Waals surface area contributed by atoms with Crippen molar-refractivity contribution in [2.24, 2.45) is 0 Å². The van der Waals surface area contributed by atoms with Crippen molar-refractivity contribution in [2.75, 3.05) is 34.0 Å². The molecule has 0 radical (unpaired) electrons. The van der Waals surface area contributed by atoms with Crippen LogP contribution in [0.5, 0.6) is 11.5 Å². The zero-order valence-corrected chi connectivity index (χ0v) is 12.8. The number of rotatable bonds is 5. The standard InChI is InChI=1S/C14H20N2O5/c1-8(13(17)16(2)3)21-14(18)10-6-9(19-4)7-11(20-5)12(10)15/h6-8H,15H2,1-5H3. The Kier molecular flexibility index (Phi) is 5.40. The smallest absolute Gasteiger partial charge is 0.341 e. The van der Waals surface area contributed by atoms with Crippen LogP contribution in [-0.2, 0) is 9.53 Å². The number of benzene rings is 1. The minimum Gasteiger partial charge on any atom is -0.497 e. The van der Waals surface area contributed by atoms with Crippen molar-refractivity contribution in [1.82, 2.24) is 4.90 Å². The Bertz CT molecular complexity index is 542. The number of carbonyl (C=O) groups is 2. The second kappa shape index (κ2) is 6.83. The van der Waals surface area contributed by atoms with Gasteiger partial charge in [0.05, 0.1) is 25.5 Å². The number of hydrogen-bond acceptors (Lipinski definition) is 6. The van der Waals surface area contributed by atoms with E-state index < -0.39 is 12.1 Å². The fourth-order valence-electron chi connectivity index (χ4n) is 1.70. The van der Waals surface area contributed by atoms with E-state index in [1.807, 2.05) is 0 Å². The summed E-state index contributed by atoms with van der Waals surface area (Å²) in [4.78, 5) is 25.2. The molecule has 7 nitrogen and oxygen atoms in total. The molecule has 0 aliphatic rings. The molecule has 0 bridgehead atoms. The Balaban J connectivity index is 3.04. The van der Waals surface area contributed by atoms with Crippen LogP contribution in [0.15, 0.2) is 12.1 Å². The Labute approximate surface area is 123 Å². The Morgan fingerprint density at radius 2 is 1.81 bits per heavy atom. The third kappa shape index (κ3) is 3.77. The van der Waals surface area contributed by atoms with Gasteiger partial charge in [-0.25, -0.2) is 4.79 Å². The van der Waals surface area contributed by atoms with Crippen LogP contribution >= 0.6 is 0 Å². The van der Waals surface area contributed by atoms with E-state index in [0.29, 0.717) is 11.5 Å². The fourth-order valence-corrected chi connectivity index (χ4v) is 1.70. The molecule has 0 aliphatic heterocycles. The first-order chi connectivity index (χ1) is 9.81. The largest absolute Gasteiger partial charge is 0.497 e. The van der Waals surface area contributed by atoms with E-state index >= 15 is 0 Å². The Hall–Kier alpha value is -2.44. The van der Waals surface area contributed by atoms with E-state index in [9.17, 15) is 9.59 Å². The van der Waals surface area contributed by atoms with Crippen molar-refractivity contribution in [3.8, 4) is 11.5 Å². The maximum Gasteiger partial charge on any atom is 0.341 e. The lowest BCUT2D eigenvalue weighted by molar-refractivity contribution is -0.137. The molecule has 0 aliphatic carbocycles. The van der Waals surface area contributed by atoms with Gasteiger partial charge >= 0.3 is 5.97 Å². The molecule has 0 aromatic heterocycles. The number of nitrogens with zero attached hydrogens (tertiary/aromatic N) is 1. The molecular weight excluding hydrogens is 276 g/mol. The minimum atomic E-state index is -0.913. The third-order valence-electron chi connectivity index (χ3n) is 2.86. The lowest BCUT2D eigenvalue weighted by Crippen LogP contribution is -2.35.